The zero-order chi connectivity index (χ0) is 20.0. The lowest BCUT2D eigenvalue weighted by molar-refractivity contribution is -0.148. The first-order valence-corrected chi connectivity index (χ1v) is 9.85. The molecule has 2 aromatic carbocycles. The van der Waals surface area contributed by atoms with Gasteiger partial charge >= 0.3 is 5.97 Å². The fraction of sp³-hybridized carbons (Fsp3) is 0.333. The Bertz CT molecular complexity index is 939. The molecule has 0 saturated heterocycles. The number of carboxylic acids is 1. The Kier molecular flexibility index (Phi) is 6.30. The highest BCUT2D eigenvalue weighted by Gasteiger charge is 2.30. The average molecular weight is 377 g/mol. The Hall–Kier alpha value is -2.88. The molecule has 0 aliphatic carbocycles. The lowest BCUT2D eigenvalue weighted by Crippen LogP contribution is -2.26. The summed E-state index contributed by atoms with van der Waals surface area (Å²) < 4.78 is 5.93. The topological polar surface area (TPSA) is 59.4 Å². The van der Waals surface area contributed by atoms with E-state index in [0.717, 1.165) is 34.9 Å². The predicted octanol–water partition coefficient (Wildman–Crippen LogP) is 5.95. The standard InChI is InChI=1S/C24H27NO3/c1-3-24(2,23(26)27)15-9-10-16-28-22-17-20(18-11-5-4-6-12-18)19-13-7-8-14-21(19)25-22/h4-8,11-14,17H,3,9-10,15-16H2,1-2H3,(H,26,27). The van der Waals surface area contributed by atoms with Gasteiger partial charge in [-0.1, -0.05) is 55.5 Å². The van der Waals surface area contributed by atoms with E-state index < -0.39 is 11.4 Å². The van der Waals surface area contributed by atoms with Crippen LogP contribution in [0.5, 0.6) is 5.88 Å². The van der Waals surface area contributed by atoms with Crippen molar-refractivity contribution < 1.29 is 14.6 Å². The zero-order valence-corrected chi connectivity index (χ0v) is 16.5. The van der Waals surface area contributed by atoms with E-state index in [2.05, 4.69) is 23.2 Å². The lowest BCUT2D eigenvalue weighted by Gasteiger charge is -2.22. The van der Waals surface area contributed by atoms with Crippen LogP contribution < -0.4 is 4.74 Å². The Morgan fingerprint density at radius 2 is 1.79 bits per heavy atom. The van der Waals surface area contributed by atoms with Crippen molar-refractivity contribution in [3.05, 3.63) is 60.7 Å². The molecule has 1 N–H and O–H groups in total. The minimum absolute atomic E-state index is 0.527. The number of carbonyl (C=O) groups is 1. The molecule has 28 heavy (non-hydrogen) atoms. The normalized spacial score (nSPS) is 13.2. The van der Waals surface area contributed by atoms with Gasteiger partial charge < -0.3 is 9.84 Å². The molecule has 0 bridgehead atoms. The van der Waals surface area contributed by atoms with E-state index in [1.54, 1.807) is 0 Å². The number of unbranched alkanes of at least 4 members (excludes halogenated alkanes) is 1. The number of carboxylic acid groups (broad SMARTS) is 1. The highest BCUT2D eigenvalue weighted by molar-refractivity contribution is 5.95. The summed E-state index contributed by atoms with van der Waals surface area (Å²) in [4.78, 5) is 16.0. The summed E-state index contributed by atoms with van der Waals surface area (Å²) in [7, 11) is 0. The molecule has 0 saturated carbocycles. The Morgan fingerprint density at radius 3 is 2.50 bits per heavy atom. The maximum Gasteiger partial charge on any atom is 0.309 e. The summed E-state index contributed by atoms with van der Waals surface area (Å²) in [5.74, 6) is -0.117. The third-order valence-electron chi connectivity index (χ3n) is 5.45. The van der Waals surface area contributed by atoms with Gasteiger partial charge in [-0.25, -0.2) is 4.98 Å². The molecule has 1 heterocycles. The Morgan fingerprint density at radius 1 is 1.07 bits per heavy atom. The van der Waals surface area contributed by atoms with Gasteiger partial charge in [-0.2, -0.15) is 0 Å². The van der Waals surface area contributed by atoms with Crippen LogP contribution in [0.2, 0.25) is 0 Å². The molecule has 146 valence electrons. The molecule has 1 unspecified atom stereocenters. The number of fused-ring (bicyclic) bond motifs is 1. The van der Waals surface area contributed by atoms with Gasteiger partial charge in [0.05, 0.1) is 17.5 Å². The van der Waals surface area contributed by atoms with Crippen LogP contribution in [0, 0.1) is 5.41 Å². The van der Waals surface area contributed by atoms with Crippen molar-refractivity contribution in [2.45, 2.75) is 39.5 Å². The minimum Gasteiger partial charge on any atom is -0.481 e. The molecule has 1 aromatic heterocycles. The van der Waals surface area contributed by atoms with Crippen LogP contribution >= 0.6 is 0 Å². The molecule has 0 fully saturated rings. The van der Waals surface area contributed by atoms with E-state index in [-0.39, 0.29) is 0 Å². The van der Waals surface area contributed by atoms with Gasteiger partial charge in [-0.3, -0.25) is 4.79 Å². The van der Waals surface area contributed by atoms with E-state index in [4.69, 9.17) is 4.74 Å². The number of aliphatic carboxylic acids is 1. The first kappa shape index (κ1) is 19.9. The molecule has 0 aliphatic heterocycles. The number of aromatic nitrogens is 1. The first-order valence-electron chi connectivity index (χ1n) is 9.85. The molecule has 3 rings (SSSR count). The van der Waals surface area contributed by atoms with Crippen LogP contribution in [0.15, 0.2) is 60.7 Å². The third-order valence-corrected chi connectivity index (χ3v) is 5.45. The number of hydrogen-bond acceptors (Lipinski definition) is 3. The average Bonchev–Trinajstić information content (AvgIpc) is 2.73. The van der Waals surface area contributed by atoms with Gasteiger partial charge in [0.25, 0.3) is 0 Å². The smallest absolute Gasteiger partial charge is 0.309 e. The van der Waals surface area contributed by atoms with Gasteiger partial charge in [0.2, 0.25) is 5.88 Å². The largest absolute Gasteiger partial charge is 0.481 e. The van der Waals surface area contributed by atoms with Crippen LogP contribution in [0.3, 0.4) is 0 Å². The molecule has 0 radical (unpaired) electrons. The molecule has 3 aromatic rings. The predicted molar refractivity (Wildman–Crippen MR) is 113 cm³/mol. The second-order valence-corrected chi connectivity index (χ2v) is 7.42. The number of ether oxygens (including phenoxy) is 1. The monoisotopic (exact) mass is 377 g/mol. The highest BCUT2D eigenvalue weighted by Crippen LogP contribution is 2.31. The van der Waals surface area contributed by atoms with Crippen molar-refractivity contribution in [1.29, 1.82) is 0 Å². The van der Waals surface area contributed by atoms with E-state index >= 15 is 0 Å². The maximum absolute atomic E-state index is 11.4. The van der Waals surface area contributed by atoms with Crippen LogP contribution in [-0.4, -0.2) is 22.7 Å². The molecule has 0 aliphatic rings. The molecule has 4 heteroatoms. The van der Waals surface area contributed by atoms with Gasteiger partial charge in [0.15, 0.2) is 0 Å². The number of para-hydroxylation sites is 1. The van der Waals surface area contributed by atoms with E-state index in [1.807, 2.05) is 56.3 Å². The van der Waals surface area contributed by atoms with Crippen molar-refractivity contribution in [2.75, 3.05) is 6.61 Å². The lowest BCUT2D eigenvalue weighted by atomic mass is 9.82. The third kappa shape index (κ3) is 4.50. The highest BCUT2D eigenvalue weighted by atomic mass is 16.5. The molecular formula is C24H27NO3. The van der Waals surface area contributed by atoms with Crippen LogP contribution in [0.4, 0.5) is 0 Å². The van der Waals surface area contributed by atoms with Crippen LogP contribution in [-0.2, 0) is 4.79 Å². The van der Waals surface area contributed by atoms with Gasteiger partial charge in [-0.05, 0) is 49.8 Å². The van der Waals surface area contributed by atoms with Crippen molar-refractivity contribution in [3.8, 4) is 17.0 Å². The Labute approximate surface area is 166 Å². The molecule has 4 nitrogen and oxygen atoms in total. The maximum atomic E-state index is 11.4. The number of nitrogens with zero attached hydrogens (tertiary/aromatic N) is 1. The molecule has 1 atom stereocenters. The van der Waals surface area contributed by atoms with Gasteiger partial charge in [-0.15, -0.1) is 0 Å². The summed E-state index contributed by atoms with van der Waals surface area (Å²) >= 11 is 0. The van der Waals surface area contributed by atoms with Crippen molar-refractivity contribution in [3.63, 3.8) is 0 Å². The van der Waals surface area contributed by atoms with E-state index in [0.29, 0.717) is 25.3 Å². The number of benzene rings is 2. The van der Waals surface area contributed by atoms with Gasteiger partial charge in [0, 0.05) is 11.5 Å². The molecular weight excluding hydrogens is 350 g/mol. The second kappa shape index (κ2) is 8.87. The van der Waals surface area contributed by atoms with Crippen LogP contribution in [0.1, 0.15) is 39.5 Å². The molecule has 0 spiro atoms. The summed E-state index contributed by atoms with van der Waals surface area (Å²) in [6.45, 7) is 4.26. The summed E-state index contributed by atoms with van der Waals surface area (Å²) in [6, 6.07) is 20.3. The number of pyridine rings is 1. The number of hydrogen-bond donors (Lipinski definition) is 1. The summed E-state index contributed by atoms with van der Waals surface area (Å²) in [6.07, 6.45) is 2.91. The first-order chi connectivity index (χ1) is 13.5. The molecule has 0 amide bonds. The van der Waals surface area contributed by atoms with Crippen molar-refractivity contribution in [1.82, 2.24) is 4.98 Å². The van der Waals surface area contributed by atoms with Crippen LogP contribution in [0.25, 0.3) is 22.0 Å². The fourth-order valence-electron chi connectivity index (χ4n) is 3.31. The number of rotatable bonds is 9. The van der Waals surface area contributed by atoms with Gasteiger partial charge in [0.1, 0.15) is 0 Å². The van der Waals surface area contributed by atoms with E-state index in [9.17, 15) is 9.90 Å². The SMILES string of the molecule is CCC(C)(CCCCOc1cc(-c2ccccc2)c2ccccc2n1)C(=O)O. The fourth-order valence-corrected chi connectivity index (χ4v) is 3.31. The zero-order valence-electron chi connectivity index (χ0n) is 16.5. The second-order valence-electron chi connectivity index (χ2n) is 7.42. The van der Waals surface area contributed by atoms with Crippen molar-refractivity contribution in [2.24, 2.45) is 5.41 Å². The van der Waals surface area contributed by atoms with Crippen molar-refractivity contribution >= 4 is 16.9 Å². The summed E-state index contributed by atoms with van der Waals surface area (Å²) in [5.41, 5.74) is 2.49. The quantitative estimate of drug-likeness (QED) is 0.468. The summed E-state index contributed by atoms with van der Waals surface area (Å²) in [5, 5.41) is 10.5. The van der Waals surface area contributed by atoms with E-state index in [1.165, 1.54) is 0 Å². The minimum atomic E-state index is -0.723. The Balaban J connectivity index is 1.70.